The molecule has 1 heterocycles. The number of ether oxygens (including phenoxy) is 2. The molecule has 0 unspecified atom stereocenters. The minimum Gasteiger partial charge on any atom is -0.493 e. The number of methoxy groups -OCH3 is 1. The molecule has 160 valence electrons. The minimum atomic E-state index is -0.469. The smallest absolute Gasteiger partial charge is 0.343 e. The zero-order chi connectivity index (χ0) is 22.7. The van der Waals surface area contributed by atoms with E-state index in [4.69, 9.17) is 21.7 Å². The molecule has 1 aliphatic rings. The van der Waals surface area contributed by atoms with Crippen LogP contribution in [0.4, 0.5) is 5.69 Å². The summed E-state index contributed by atoms with van der Waals surface area (Å²) in [5, 5.41) is 0. The molecule has 0 bridgehead atoms. The van der Waals surface area contributed by atoms with Crippen molar-refractivity contribution in [2.75, 3.05) is 12.0 Å². The van der Waals surface area contributed by atoms with Gasteiger partial charge in [-0.2, -0.15) is 0 Å². The van der Waals surface area contributed by atoms with Gasteiger partial charge in [0.2, 0.25) is 0 Å². The lowest BCUT2D eigenvalue weighted by atomic mass is 10.1. The molecule has 0 N–H and O–H groups in total. The quantitative estimate of drug-likeness (QED) is 0.212. The third kappa shape index (κ3) is 4.59. The summed E-state index contributed by atoms with van der Waals surface area (Å²) in [6, 6.07) is 21.6. The van der Waals surface area contributed by atoms with E-state index in [9.17, 15) is 9.59 Å². The maximum absolute atomic E-state index is 12.9. The van der Waals surface area contributed by atoms with Crippen LogP contribution in [0, 0.1) is 6.92 Å². The van der Waals surface area contributed by atoms with Crippen molar-refractivity contribution in [2.24, 2.45) is 0 Å². The van der Waals surface area contributed by atoms with E-state index in [1.807, 2.05) is 43.3 Å². The standard InChI is InChI=1S/C25H19NO4S2/c1-16-7-6-8-18(13-16)24(28)30-20-12-11-17(14-21(20)29-2)15-22-23(27)26(25(31)32-22)19-9-4-3-5-10-19/h3-15H,1-2H3/b22-15-. The number of rotatable bonds is 5. The number of thiocarbonyl (C=S) groups is 1. The molecule has 0 saturated carbocycles. The molecule has 0 radical (unpaired) electrons. The van der Waals surface area contributed by atoms with Gasteiger partial charge in [-0.25, -0.2) is 4.79 Å². The molecule has 7 heteroatoms. The lowest BCUT2D eigenvalue weighted by Gasteiger charge is -2.13. The Morgan fingerprint density at radius 3 is 2.50 bits per heavy atom. The second-order valence-corrected chi connectivity index (χ2v) is 8.70. The van der Waals surface area contributed by atoms with Crippen molar-refractivity contribution in [3.05, 3.63) is 94.4 Å². The van der Waals surface area contributed by atoms with Gasteiger partial charge in [0.15, 0.2) is 15.8 Å². The largest absolute Gasteiger partial charge is 0.493 e. The molecule has 32 heavy (non-hydrogen) atoms. The highest BCUT2D eigenvalue weighted by molar-refractivity contribution is 8.27. The first-order valence-electron chi connectivity index (χ1n) is 9.76. The van der Waals surface area contributed by atoms with E-state index < -0.39 is 5.97 Å². The summed E-state index contributed by atoms with van der Waals surface area (Å²) in [6.45, 7) is 1.91. The van der Waals surface area contributed by atoms with Gasteiger partial charge < -0.3 is 9.47 Å². The Labute approximate surface area is 195 Å². The fourth-order valence-corrected chi connectivity index (χ4v) is 4.51. The van der Waals surface area contributed by atoms with Crippen LogP contribution in [-0.4, -0.2) is 23.3 Å². The highest BCUT2D eigenvalue weighted by Crippen LogP contribution is 2.37. The summed E-state index contributed by atoms with van der Waals surface area (Å²) in [7, 11) is 1.50. The first-order chi connectivity index (χ1) is 15.5. The van der Waals surface area contributed by atoms with Crippen molar-refractivity contribution in [3.63, 3.8) is 0 Å². The van der Waals surface area contributed by atoms with E-state index >= 15 is 0 Å². The second-order valence-electron chi connectivity index (χ2n) is 7.02. The minimum absolute atomic E-state index is 0.180. The lowest BCUT2D eigenvalue weighted by Crippen LogP contribution is -2.27. The van der Waals surface area contributed by atoms with Crippen LogP contribution in [0.25, 0.3) is 6.08 Å². The average Bonchev–Trinajstić information content (AvgIpc) is 3.07. The monoisotopic (exact) mass is 461 g/mol. The summed E-state index contributed by atoms with van der Waals surface area (Å²) in [4.78, 5) is 27.4. The predicted octanol–water partition coefficient (Wildman–Crippen LogP) is 5.63. The molecule has 5 nitrogen and oxygen atoms in total. The first kappa shape index (κ1) is 21.8. The van der Waals surface area contributed by atoms with Gasteiger partial charge in [-0.15, -0.1) is 0 Å². The Hall–Kier alpha value is -3.42. The van der Waals surface area contributed by atoms with E-state index in [2.05, 4.69) is 0 Å². The van der Waals surface area contributed by atoms with Crippen LogP contribution in [0.1, 0.15) is 21.5 Å². The third-order valence-electron chi connectivity index (χ3n) is 4.75. The number of benzene rings is 3. The third-order valence-corrected chi connectivity index (χ3v) is 6.05. The van der Waals surface area contributed by atoms with Crippen LogP contribution >= 0.6 is 24.0 Å². The number of anilines is 1. The molecular weight excluding hydrogens is 442 g/mol. The summed E-state index contributed by atoms with van der Waals surface area (Å²) < 4.78 is 11.4. The zero-order valence-electron chi connectivity index (χ0n) is 17.4. The van der Waals surface area contributed by atoms with Gasteiger partial charge in [-0.3, -0.25) is 9.69 Å². The van der Waals surface area contributed by atoms with Crippen LogP contribution in [-0.2, 0) is 4.79 Å². The number of esters is 1. The number of thioether (sulfide) groups is 1. The summed E-state index contributed by atoms with van der Waals surface area (Å²) >= 11 is 6.65. The number of aryl methyl sites for hydroxylation is 1. The summed E-state index contributed by atoms with van der Waals surface area (Å²) in [5.74, 6) is 0.0369. The molecule has 0 aromatic heterocycles. The van der Waals surface area contributed by atoms with Crippen LogP contribution < -0.4 is 14.4 Å². The van der Waals surface area contributed by atoms with Crippen LogP contribution in [0.2, 0.25) is 0 Å². The fraction of sp³-hybridized carbons (Fsp3) is 0.0800. The molecule has 3 aromatic carbocycles. The maximum atomic E-state index is 12.9. The molecule has 0 atom stereocenters. The highest BCUT2D eigenvalue weighted by atomic mass is 32.2. The number of nitrogens with zero attached hydrogens (tertiary/aromatic N) is 1. The van der Waals surface area contributed by atoms with Gasteiger partial charge in [0.25, 0.3) is 5.91 Å². The van der Waals surface area contributed by atoms with Crippen molar-refractivity contribution < 1.29 is 19.1 Å². The molecule has 0 aliphatic carbocycles. The first-order valence-corrected chi connectivity index (χ1v) is 11.0. The van der Waals surface area contributed by atoms with Crippen molar-refractivity contribution in [1.29, 1.82) is 0 Å². The van der Waals surface area contributed by atoms with Crippen molar-refractivity contribution in [2.45, 2.75) is 6.92 Å². The molecule has 0 spiro atoms. The van der Waals surface area contributed by atoms with E-state index in [0.29, 0.717) is 26.3 Å². The van der Waals surface area contributed by atoms with Gasteiger partial charge in [0.1, 0.15) is 0 Å². The molecule has 1 amide bonds. The average molecular weight is 462 g/mol. The summed E-state index contributed by atoms with van der Waals surface area (Å²) in [5.41, 5.74) is 2.88. The van der Waals surface area contributed by atoms with E-state index in [1.54, 1.807) is 42.5 Å². The molecule has 4 rings (SSSR count). The number of para-hydroxylation sites is 1. The Morgan fingerprint density at radius 2 is 1.78 bits per heavy atom. The predicted molar refractivity (Wildman–Crippen MR) is 131 cm³/mol. The van der Waals surface area contributed by atoms with E-state index in [-0.39, 0.29) is 5.91 Å². The fourth-order valence-electron chi connectivity index (χ4n) is 3.21. The maximum Gasteiger partial charge on any atom is 0.343 e. The molecule has 1 saturated heterocycles. The van der Waals surface area contributed by atoms with Gasteiger partial charge in [-0.05, 0) is 55.0 Å². The summed E-state index contributed by atoms with van der Waals surface area (Å²) in [6.07, 6.45) is 1.75. The van der Waals surface area contributed by atoms with Gasteiger partial charge in [0, 0.05) is 0 Å². The van der Waals surface area contributed by atoms with E-state index in [0.717, 1.165) is 16.8 Å². The highest BCUT2D eigenvalue weighted by Gasteiger charge is 2.33. The number of hydrogen-bond acceptors (Lipinski definition) is 6. The Bertz CT molecular complexity index is 1240. The Balaban J connectivity index is 1.56. The number of amides is 1. The lowest BCUT2D eigenvalue weighted by molar-refractivity contribution is -0.113. The molecule has 1 aliphatic heterocycles. The zero-order valence-corrected chi connectivity index (χ0v) is 19.0. The van der Waals surface area contributed by atoms with Crippen molar-refractivity contribution in [3.8, 4) is 11.5 Å². The van der Waals surface area contributed by atoms with E-state index in [1.165, 1.54) is 23.8 Å². The second kappa shape index (κ2) is 9.38. The van der Waals surface area contributed by atoms with Gasteiger partial charge in [0.05, 0.1) is 23.3 Å². The molecule has 3 aromatic rings. The molecular formula is C25H19NO4S2. The Kier molecular flexibility index (Phi) is 6.39. The van der Waals surface area contributed by atoms with Crippen LogP contribution in [0.5, 0.6) is 11.5 Å². The Morgan fingerprint density at radius 1 is 1.00 bits per heavy atom. The topological polar surface area (TPSA) is 55.8 Å². The SMILES string of the molecule is COc1cc(/C=C2\SC(=S)N(c3ccccc3)C2=O)ccc1OC(=O)c1cccc(C)c1. The number of carbonyl (C=O) groups excluding carboxylic acids is 2. The van der Waals surface area contributed by atoms with Crippen molar-refractivity contribution >= 4 is 51.9 Å². The van der Waals surface area contributed by atoms with Crippen LogP contribution in [0.3, 0.4) is 0 Å². The van der Waals surface area contributed by atoms with Gasteiger partial charge in [-0.1, -0.05) is 65.9 Å². The number of hydrogen-bond donors (Lipinski definition) is 0. The van der Waals surface area contributed by atoms with Gasteiger partial charge >= 0.3 is 5.97 Å². The van der Waals surface area contributed by atoms with Crippen molar-refractivity contribution in [1.82, 2.24) is 0 Å². The number of carbonyl (C=O) groups is 2. The normalized spacial score (nSPS) is 14.7. The van der Waals surface area contributed by atoms with Crippen LogP contribution in [0.15, 0.2) is 77.7 Å². The molecule has 1 fully saturated rings.